The van der Waals surface area contributed by atoms with Crippen molar-refractivity contribution < 1.29 is 4.79 Å². The number of carbonyl (C=O) groups excluding carboxylic acids is 1. The maximum Gasteiger partial charge on any atom is 0.221 e. The van der Waals surface area contributed by atoms with Gasteiger partial charge in [-0.05, 0) is 17.9 Å². The maximum absolute atomic E-state index is 11.0. The predicted octanol–water partition coefficient (Wildman–Crippen LogP) is 2.54. The van der Waals surface area contributed by atoms with Crippen LogP contribution in [0.15, 0.2) is 29.4 Å². The van der Waals surface area contributed by atoms with Crippen molar-refractivity contribution in [1.82, 2.24) is 15.2 Å². The highest BCUT2D eigenvalue weighted by Gasteiger charge is 2.06. The van der Waals surface area contributed by atoms with E-state index in [0.717, 1.165) is 22.2 Å². The number of amides is 1. The Labute approximate surface area is 109 Å². The Bertz CT molecular complexity index is 553. The molecule has 6 heteroatoms. The molecule has 1 aromatic heterocycles. The number of carbonyl (C=O) groups is 1. The molecular weight excluding hydrogens is 248 g/mol. The van der Waals surface area contributed by atoms with Gasteiger partial charge in [-0.15, -0.1) is 5.10 Å². The number of hydrogen-bond acceptors (Lipinski definition) is 4. The van der Waals surface area contributed by atoms with Gasteiger partial charge in [0.25, 0.3) is 0 Å². The van der Waals surface area contributed by atoms with Crippen LogP contribution in [0.4, 0.5) is 5.69 Å². The lowest BCUT2D eigenvalue weighted by molar-refractivity contribution is -0.114. The summed E-state index contributed by atoms with van der Waals surface area (Å²) >= 11 is 1.58. The van der Waals surface area contributed by atoms with E-state index in [-0.39, 0.29) is 5.91 Å². The molecule has 0 aliphatic heterocycles. The zero-order chi connectivity index (χ0) is 13.0. The van der Waals surface area contributed by atoms with Crippen LogP contribution in [-0.2, 0) is 4.79 Å². The lowest BCUT2D eigenvalue weighted by Crippen LogP contribution is -2.05. The molecule has 0 spiro atoms. The molecule has 0 saturated heterocycles. The highest BCUT2D eigenvalue weighted by Crippen LogP contribution is 2.21. The van der Waals surface area contributed by atoms with Gasteiger partial charge in [-0.25, -0.2) is 4.98 Å². The van der Waals surface area contributed by atoms with Crippen LogP contribution in [0.2, 0.25) is 0 Å². The summed E-state index contributed by atoms with van der Waals surface area (Å²) in [6.45, 7) is 3.54. The largest absolute Gasteiger partial charge is 0.326 e. The summed E-state index contributed by atoms with van der Waals surface area (Å²) in [4.78, 5) is 15.4. The quantitative estimate of drug-likeness (QED) is 0.831. The summed E-state index contributed by atoms with van der Waals surface area (Å²) < 4.78 is 0. The maximum atomic E-state index is 11.0. The number of hydrogen-bond donors (Lipinski definition) is 2. The molecule has 0 saturated carbocycles. The van der Waals surface area contributed by atoms with Crippen molar-refractivity contribution >= 4 is 23.4 Å². The van der Waals surface area contributed by atoms with E-state index in [1.165, 1.54) is 6.92 Å². The van der Waals surface area contributed by atoms with Gasteiger partial charge in [-0.3, -0.25) is 9.89 Å². The van der Waals surface area contributed by atoms with Crippen molar-refractivity contribution in [2.45, 2.75) is 19.0 Å². The minimum atomic E-state index is -0.0908. The van der Waals surface area contributed by atoms with Crippen molar-refractivity contribution in [1.29, 1.82) is 0 Å². The van der Waals surface area contributed by atoms with Crippen LogP contribution in [-0.4, -0.2) is 26.8 Å². The number of thioether (sulfide) groups is 1. The summed E-state index contributed by atoms with van der Waals surface area (Å²) in [5.74, 6) is 1.55. The summed E-state index contributed by atoms with van der Waals surface area (Å²) in [6.07, 6.45) is 0. The molecule has 18 heavy (non-hydrogen) atoms. The number of H-pyrrole nitrogens is 1. The van der Waals surface area contributed by atoms with Gasteiger partial charge in [0, 0.05) is 18.2 Å². The van der Waals surface area contributed by atoms with Crippen LogP contribution in [0.3, 0.4) is 0 Å². The van der Waals surface area contributed by atoms with Crippen LogP contribution in [0, 0.1) is 0 Å². The highest BCUT2D eigenvalue weighted by atomic mass is 32.2. The zero-order valence-corrected chi connectivity index (χ0v) is 11.0. The zero-order valence-electron chi connectivity index (χ0n) is 10.2. The van der Waals surface area contributed by atoms with Crippen molar-refractivity contribution in [3.8, 4) is 11.4 Å². The highest BCUT2D eigenvalue weighted by molar-refractivity contribution is 7.99. The van der Waals surface area contributed by atoms with Crippen LogP contribution in [0.1, 0.15) is 13.8 Å². The summed E-state index contributed by atoms with van der Waals surface area (Å²) in [6, 6.07) is 7.49. The van der Waals surface area contributed by atoms with Crippen LogP contribution in [0.25, 0.3) is 11.4 Å². The second kappa shape index (κ2) is 5.68. The molecule has 5 nitrogen and oxygen atoms in total. The molecule has 94 valence electrons. The third-order valence-electron chi connectivity index (χ3n) is 2.19. The monoisotopic (exact) mass is 262 g/mol. The molecule has 0 bridgehead atoms. The van der Waals surface area contributed by atoms with E-state index in [4.69, 9.17) is 0 Å². The molecule has 0 atom stereocenters. The van der Waals surface area contributed by atoms with Crippen LogP contribution < -0.4 is 5.32 Å². The first-order valence-corrected chi connectivity index (χ1v) is 6.61. The number of rotatable bonds is 4. The average Bonchev–Trinajstić information content (AvgIpc) is 2.78. The summed E-state index contributed by atoms with van der Waals surface area (Å²) in [5.41, 5.74) is 1.65. The second-order valence-electron chi connectivity index (χ2n) is 3.66. The molecule has 0 aliphatic carbocycles. The number of benzene rings is 1. The smallest absolute Gasteiger partial charge is 0.221 e. The molecule has 2 aromatic rings. The van der Waals surface area contributed by atoms with Gasteiger partial charge in [0.15, 0.2) is 5.82 Å². The van der Waals surface area contributed by atoms with Crippen LogP contribution >= 0.6 is 11.8 Å². The van der Waals surface area contributed by atoms with E-state index >= 15 is 0 Å². The number of aromatic nitrogens is 3. The first-order chi connectivity index (χ1) is 8.69. The van der Waals surface area contributed by atoms with Gasteiger partial charge in [0.2, 0.25) is 11.1 Å². The van der Waals surface area contributed by atoms with Crippen LogP contribution in [0.5, 0.6) is 0 Å². The first-order valence-electron chi connectivity index (χ1n) is 5.62. The SMILES string of the molecule is CCSc1n[nH]c(-c2cccc(NC(C)=O)c2)n1. The number of nitrogens with zero attached hydrogens (tertiary/aromatic N) is 2. The van der Waals surface area contributed by atoms with Crippen molar-refractivity contribution in [2.75, 3.05) is 11.1 Å². The summed E-state index contributed by atoms with van der Waals surface area (Å²) in [7, 11) is 0. The topological polar surface area (TPSA) is 70.7 Å². The van der Waals surface area contributed by atoms with Gasteiger partial charge >= 0.3 is 0 Å². The molecule has 1 heterocycles. The molecule has 2 N–H and O–H groups in total. The van der Waals surface area contributed by atoms with E-state index in [1.54, 1.807) is 11.8 Å². The van der Waals surface area contributed by atoms with Gasteiger partial charge in [0.05, 0.1) is 0 Å². The first kappa shape index (κ1) is 12.6. The molecule has 1 aromatic carbocycles. The summed E-state index contributed by atoms with van der Waals surface area (Å²) in [5, 5.41) is 10.5. The van der Waals surface area contributed by atoms with Crippen molar-refractivity contribution in [3.63, 3.8) is 0 Å². The van der Waals surface area contributed by atoms with E-state index < -0.39 is 0 Å². The second-order valence-corrected chi connectivity index (χ2v) is 4.89. The Morgan fingerprint density at radius 3 is 3.06 bits per heavy atom. The number of nitrogens with one attached hydrogen (secondary N) is 2. The fourth-order valence-corrected chi connectivity index (χ4v) is 2.04. The van der Waals surface area contributed by atoms with Gasteiger partial charge in [-0.2, -0.15) is 0 Å². The minimum absolute atomic E-state index is 0.0908. The van der Waals surface area contributed by atoms with E-state index in [0.29, 0.717) is 5.82 Å². The third kappa shape index (κ3) is 3.10. The van der Waals surface area contributed by atoms with Gasteiger partial charge in [0.1, 0.15) is 0 Å². The Hall–Kier alpha value is -1.82. The lowest BCUT2D eigenvalue weighted by atomic mass is 10.2. The van der Waals surface area contributed by atoms with Gasteiger partial charge < -0.3 is 5.32 Å². The molecule has 0 radical (unpaired) electrons. The normalized spacial score (nSPS) is 10.3. The lowest BCUT2D eigenvalue weighted by Gasteiger charge is -2.03. The van der Waals surface area contributed by atoms with E-state index in [9.17, 15) is 4.79 Å². The predicted molar refractivity (Wildman–Crippen MR) is 72.5 cm³/mol. The Morgan fingerprint density at radius 1 is 1.50 bits per heavy atom. The fourth-order valence-electron chi connectivity index (χ4n) is 1.52. The Morgan fingerprint density at radius 2 is 2.33 bits per heavy atom. The molecular formula is C12H14N4OS. The molecule has 1 amide bonds. The minimum Gasteiger partial charge on any atom is -0.326 e. The third-order valence-corrected chi connectivity index (χ3v) is 2.92. The van der Waals surface area contributed by atoms with E-state index in [1.807, 2.05) is 24.3 Å². The van der Waals surface area contributed by atoms with Crippen molar-refractivity contribution in [2.24, 2.45) is 0 Å². The fraction of sp³-hybridized carbons (Fsp3) is 0.250. The molecule has 0 unspecified atom stereocenters. The standard InChI is InChI=1S/C12H14N4OS/c1-3-18-12-14-11(15-16-12)9-5-4-6-10(7-9)13-8(2)17/h4-7H,3H2,1-2H3,(H,13,17)(H,14,15,16). The Kier molecular flexibility index (Phi) is 3.99. The molecule has 2 rings (SSSR count). The molecule has 0 fully saturated rings. The van der Waals surface area contributed by atoms with Gasteiger partial charge in [-0.1, -0.05) is 30.8 Å². The van der Waals surface area contributed by atoms with Crippen molar-refractivity contribution in [3.05, 3.63) is 24.3 Å². The molecule has 0 aliphatic rings. The average molecular weight is 262 g/mol. The van der Waals surface area contributed by atoms with E-state index in [2.05, 4.69) is 27.4 Å². The Balaban J connectivity index is 2.23. The number of anilines is 1. The number of aromatic amines is 1.